The average molecular weight is 482 g/mol. The number of nitrogens with one attached hydrogen (secondary N) is 1. The van der Waals surface area contributed by atoms with Crippen molar-refractivity contribution in [3.63, 3.8) is 0 Å². The van der Waals surface area contributed by atoms with Crippen LogP contribution in [0.1, 0.15) is 13.8 Å². The van der Waals surface area contributed by atoms with E-state index in [1.165, 1.54) is 0 Å². The summed E-state index contributed by atoms with van der Waals surface area (Å²) >= 11 is 0. The second kappa shape index (κ2) is 10.2. The molecule has 3 aromatic carbocycles. The number of nitrogens with zero attached hydrogens (tertiary/aromatic N) is 4. The first-order valence-corrected chi connectivity index (χ1v) is 12.3. The molecule has 1 aliphatic heterocycles. The van der Waals surface area contributed by atoms with E-state index in [1.807, 2.05) is 73.5 Å². The molecule has 1 amide bonds. The highest BCUT2D eigenvalue weighted by Gasteiger charge is 2.23. The van der Waals surface area contributed by atoms with E-state index in [0.717, 1.165) is 65.3 Å². The molecule has 1 saturated heterocycles. The fraction of sp³-hybridized carbons (Fsp3) is 0.276. The second-order valence-corrected chi connectivity index (χ2v) is 9.31. The van der Waals surface area contributed by atoms with E-state index in [0.29, 0.717) is 5.95 Å². The molecule has 2 heterocycles. The number of amides is 1. The van der Waals surface area contributed by atoms with Gasteiger partial charge in [-0.3, -0.25) is 4.79 Å². The monoisotopic (exact) mass is 481 g/mol. The van der Waals surface area contributed by atoms with Crippen molar-refractivity contribution < 1.29 is 9.53 Å². The number of aromatic nitrogens is 2. The summed E-state index contributed by atoms with van der Waals surface area (Å²) in [6, 6.07) is 22.4. The third-order valence-electron chi connectivity index (χ3n) is 6.56. The van der Waals surface area contributed by atoms with Crippen LogP contribution < -0.4 is 15.0 Å². The Hall–Kier alpha value is -4.13. The van der Waals surface area contributed by atoms with Crippen molar-refractivity contribution in [3.05, 3.63) is 72.9 Å². The van der Waals surface area contributed by atoms with Crippen molar-refractivity contribution in [2.45, 2.75) is 13.8 Å². The van der Waals surface area contributed by atoms with E-state index in [9.17, 15) is 4.79 Å². The average Bonchev–Trinajstić information content (AvgIpc) is 2.92. The molecule has 0 unspecified atom stereocenters. The first-order chi connectivity index (χ1) is 17.5. The Labute approximate surface area is 211 Å². The Balaban J connectivity index is 1.35. The molecule has 1 aromatic heterocycles. The number of benzene rings is 3. The van der Waals surface area contributed by atoms with Gasteiger partial charge in [0.25, 0.3) is 0 Å². The van der Waals surface area contributed by atoms with E-state index in [2.05, 4.69) is 33.4 Å². The minimum Gasteiger partial charge on any atom is -0.497 e. The molecule has 5 rings (SSSR count). The first kappa shape index (κ1) is 23.6. The highest BCUT2D eigenvalue weighted by Crippen LogP contribution is 2.30. The highest BCUT2D eigenvalue weighted by molar-refractivity contribution is 5.94. The second-order valence-electron chi connectivity index (χ2n) is 9.31. The maximum atomic E-state index is 12.3. The first-order valence-electron chi connectivity index (χ1n) is 12.3. The molecule has 0 spiro atoms. The number of anilines is 3. The number of hydrogen-bond acceptors (Lipinski definition) is 6. The van der Waals surface area contributed by atoms with Gasteiger partial charge >= 0.3 is 0 Å². The van der Waals surface area contributed by atoms with Crippen molar-refractivity contribution in [1.82, 2.24) is 14.9 Å². The fourth-order valence-corrected chi connectivity index (χ4v) is 4.58. The largest absolute Gasteiger partial charge is 0.497 e. The molecule has 0 bridgehead atoms. The van der Waals surface area contributed by atoms with Gasteiger partial charge in [0.1, 0.15) is 5.75 Å². The van der Waals surface area contributed by atoms with Crippen molar-refractivity contribution in [2.24, 2.45) is 5.92 Å². The number of hydrogen-bond donors (Lipinski definition) is 1. The molecule has 1 fully saturated rings. The Morgan fingerprint density at radius 1 is 0.972 bits per heavy atom. The number of carbonyl (C=O) groups is 1. The number of carbonyl (C=O) groups excluding carboxylic acids is 1. The Bertz CT molecular complexity index is 1360. The maximum Gasteiger partial charge on any atom is 0.227 e. The van der Waals surface area contributed by atoms with Crippen LogP contribution in [0.3, 0.4) is 0 Å². The van der Waals surface area contributed by atoms with Gasteiger partial charge in [-0.2, -0.15) is 0 Å². The Morgan fingerprint density at radius 3 is 2.44 bits per heavy atom. The van der Waals surface area contributed by atoms with Crippen LogP contribution in [0.5, 0.6) is 5.75 Å². The molecule has 0 aliphatic carbocycles. The normalized spacial score (nSPS) is 13.8. The summed E-state index contributed by atoms with van der Waals surface area (Å²) in [5.74, 6) is 1.64. The molecule has 36 heavy (non-hydrogen) atoms. The lowest BCUT2D eigenvalue weighted by Gasteiger charge is -2.37. The van der Waals surface area contributed by atoms with Gasteiger partial charge in [0.05, 0.1) is 12.6 Å². The van der Waals surface area contributed by atoms with Gasteiger partial charge < -0.3 is 19.9 Å². The number of rotatable bonds is 6. The van der Waals surface area contributed by atoms with Crippen LogP contribution in [-0.2, 0) is 4.79 Å². The summed E-state index contributed by atoms with van der Waals surface area (Å²) in [5, 5.41) is 4.36. The van der Waals surface area contributed by atoms with Crippen LogP contribution in [0.4, 0.5) is 17.3 Å². The number of para-hydroxylation sites is 1. The van der Waals surface area contributed by atoms with Gasteiger partial charge in [0.15, 0.2) is 0 Å². The molecular formula is C29H31N5O2. The van der Waals surface area contributed by atoms with Crippen LogP contribution in [0.25, 0.3) is 22.0 Å². The summed E-state index contributed by atoms with van der Waals surface area (Å²) in [4.78, 5) is 26.0. The molecule has 0 atom stereocenters. The van der Waals surface area contributed by atoms with Gasteiger partial charge in [0.2, 0.25) is 11.9 Å². The van der Waals surface area contributed by atoms with Crippen LogP contribution in [0.15, 0.2) is 72.9 Å². The molecule has 7 heteroatoms. The van der Waals surface area contributed by atoms with Gasteiger partial charge in [-0.1, -0.05) is 50.2 Å². The number of fused-ring (bicyclic) bond motifs is 1. The van der Waals surface area contributed by atoms with E-state index >= 15 is 0 Å². The quantitative estimate of drug-likeness (QED) is 0.400. The minimum atomic E-state index is 0.0382. The fourth-order valence-electron chi connectivity index (χ4n) is 4.58. The third-order valence-corrected chi connectivity index (χ3v) is 6.56. The Morgan fingerprint density at radius 2 is 1.72 bits per heavy atom. The van der Waals surface area contributed by atoms with Crippen LogP contribution >= 0.6 is 0 Å². The maximum absolute atomic E-state index is 12.3. The van der Waals surface area contributed by atoms with E-state index < -0.39 is 0 Å². The van der Waals surface area contributed by atoms with E-state index in [-0.39, 0.29) is 11.8 Å². The summed E-state index contributed by atoms with van der Waals surface area (Å²) in [7, 11) is 1.67. The van der Waals surface area contributed by atoms with Crippen LogP contribution in [0.2, 0.25) is 0 Å². The third kappa shape index (κ3) is 4.96. The van der Waals surface area contributed by atoms with Crippen molar-refractivity contribution in [1.29, 1.82) is 0 Å². The number of piperazine rings is 1. The van der Waals surface area contributed by atoms with E-state index in [1.54, 1.807) is 7.11 Å². The predicted octanol–water partition coefficient (Wildman–Crippen LogP) is 5.35. The van der Waals surface area contributed by atoms with Crippen LogP contribution in [-0.4, -0.2) is 54.1 Å². The van der Waals surface area contributed by atoms with Crippen molar-refractivity contribution >= 4 is 34.1 Å². The summed E-state index contributed by atoms with van der Waals surface area (Å²) in [6.07, 6.45) is 1.85. The lowest BCUT2D eigenvalue weighted by Crippen LogP contribution is -2.49. The predicted molar refractivity (Wildman–Crippen MR) is 145 cm³/mol. The number of methoxy groups -OCH3 is 1. The molecule has 0 saturated carbocycles. The molecule has 0 radical (unpaired) electrons. The molecule has 184 valence electrons. The summed E-state index contributed by atoms with van der Waals surface area (Å²) in [6.45, 7) is 7.05. The molecule has 4 aromatic rings. The molecular weight excluding hydrogens is 450 g/mol. The zero-order chi connectivity index (χ0) is 25.1. The zero-order valence-electron chi connectivity index (χ0n) is 20.9. The standard InChI is InChI=1S/C29H31N5O2/c1-20(2)28(35)34-16-14-33(15-17-34)24-8-5-7-23(18-24)31-29-30-19-22-6-4-9-26(27(22)32-29)21-10-12-25(36-3)13-11-21/h4-13,18-20H,14-17H2,1-3H3,(H,30,31,32). The number of ether oxygens (including phenoxy) is 1. The molecule has 1 N–H and O–H groups in total. The van der Waals surface area contributed by atoms with Gasteiger partial charge in [-0.05, 0) is 35.9 Å². The van der Waals surface area contributed by atoms with Crippen LogP contribution in [0, 0.1) is 5.92 Å². The minimum absolute atomic E-state index is 0.0382. The Kier molecular flexibility index (Phi) is 6.71. The lowest BCUT2D eigenvalue weighted by atomic mass is 10.0. The molecule has 7 nitrogen and oxygen atoms in total. The van der Waals surface area contributed by atoms with Gasteiger partial charge in [-0.25, -0.2) is 9.97 Å². The summed E-state index contributed by atoms with van der Waals surface area (Å²) < 4.78 is 5.30. The molecule has 1 aliphatic rings. The summed E-state index contributed by atoms with van der Waals surface area (Å²) in [5.41, 5.74) is 5.05. The van der Waals surface area contributed by atoms with Gasteiger partial charge in [0, 0.05) is 60.6 Å². The lowest BCUT2D eigenvalue weighted by molar-refractivity contribution is -0.134. The smallest absolute Gasteiger partial charge is 0.227 e. The SMILES string of the molecule is COc1ccc(-c2cccc3cnc(Nc4cccc(N5CCN(C(=O)C(C)C)CC5)c4)nc23)cc1. The highest BCUT2D eigenvalue weighted by atomic mass is 16.5. The van der Waals surface area contributed by atoms with Crippen molar-refractivity contribution in [3.8, 4) is 16.9 Å². The zero-order valence-corrected chi connectivity index (χ0v) is 20.9. The van der Waals surface area contributed by atoms with E-state index in [4.69, 9.17) is 9.72 Å². The topological polar surface area (TPSA) is 70.6 Å². The van der Waals surface area contributed by atoms with Crippen molar-refractivity contribution in [2.75, 3.05) is 43.5 Å². The van der Waals surface area contributed by atoms with Gasteiger partial charge in [-0.15, -0.1) is 0 Å².